The Morgan fingerprint density at radius 2 is 1.00 bits per heavy atom. The Morgan fingerprint density at radius 1 is 0.652 bits per heavy atom. The van der Waals surface area contributed by atoms with Crippen LogP contribution in [0.2, 0.25) is 0 Å². The van der Waals surface area contributed by atoms with Gasteiger partial charge in [-0.15, -0.1) is 0 Å². The first-order valence-corrected chi connectivity index (χ1v) is 9.95. The van der Waals surface area contributed by atoms with Crippen LogP contribution in [0.1, 0.15) is 94.9 Å². The Morgan fingerprint density at radius 3 is 1.39 bits per heavy atom. The Kier molecular flexibility index (Phi) is 4.82. The van der Waals surface area contributed by atoms with Gasteiger partial charge in [-0.05, 0) is 82.0 Å². The molecule has 1 nitrogen and oxygen atoms in total. The largest absolute Gasteiger partial charge is 0.293 e. The molecule has 136 valence electrons. The Bertz CT molecular complexity index is 353. The normalized spacial score (nSPS) is 36.8. The van der Waals surface area contributed by atoms with E-state index < -0.39 is 0 Å². The summed E-state index contributed by atoms with van der Waals surface area (Å²) in [5, 5.41) is 0. The van der Waals surface area contributed by atoms with Gasteiger partial charge in [-0.1, -0.05) is 41.5 Å². The van der Waals surface area contributed by atoms with E-state index in [2.05, 4.69) is 74.1 Å². The van der Waals surface area contributed by atoms with Crippen molar-refractivity contribution in [3.8, 4) is 0 Å². The second-order valence-electron chi connectivity index (χ2n) is 11.8. The maximum Gasteiger partial charge on any atom is 0.0161 e. The van der Waals surface area contributed by atoms with Crippen molar-refractivity contribution < 1.29 is 0 Å². The van der Waals surface area contributed by atoms with Crippen LogP contribution in [0.5, 0.6) is 0 Å². The minimum Gasteiger partial charge on any atom is -0.293 e. The maximum absolute atomic E-state index is 2.88. The minimum absolute atomic E-state index is 0.316. The topological polar surface area (TPSA) is 3.24 Å². The zero-order valence-corrected chi connectivity index (χ0v) is 17.7. The highest BCUT2D eigenvalue weighted by Crippen LogP contribution is 2.54. The fourth-order valence-electron chi connectivity index (χ4n) is 7.20. The van der Waals surface area contributed by atoms with Gasteiger partial charge in [0.2, 0.25) is 0 Å². The summed E-state index contributed by atoms with van der Waals surface area (Å²) < 4.78 is 0. The van der Waals surface area contributed by atoms with E-state index in [9.17, 15) is 0 Å². The second-order valence-corrected chi connectivity index (χ2v) is 11.8. The van der Waals surface area contributed by atoms with Crippen LogP contribution in [0.15, 0.2) is 0 Å². The molecule has 1 aliphatic heterocycles. The van der Waals surface area contributed by atoms with Crippen LogP contribution < -0.4 is 0 Å². The molecule has 0 aromatic carbocycles. The molecule has 0 aromatic rings. The first-order chi connectivity index (χ1) is 10.2. The van der Waals surface area contributed by atoms with Crippen molar-refractivity contribution in [2.45, 2.75) is 106 Å². The molecule has 1 heterocycles. The van der Waals surface area contributed by atoms with Crippen LogP contribution in [0.3, 0.4) is 0 Å². The molecule has 1 saturated heterocycles. The summed E-state index contributed by atoms with van der Waals surface area (Å²) in [6.07, 6.45) is 5.43. The van der Waals surface area contributed by atoms with Gasteiger partial charge in [0.05, 0.1) is 0 Å². The van der Waals surface area contributed by atoms with Crippen LogP contribution in [0, 0.1) is 28.6 Å². The highest BCUT2D eigenvalue weighted by atomic mass is 15.3. The number of hydrogen-bond acceptors (Lipinski definition) is 1. The predicted molar refractivity (Wildman–Crippen MR) is 103 cm³/mol. The van der Waals surface area contributed by atoms with Gasteiger partial charge in [0.25, 0.3) is 0 Å². The molecule has 2 aliphatic rings. The Labute approximate surface area is 146 Å². The van der Waals surface area contributed by atoms with Gasteiger partial charge in [0.1, 0.15) is 0 Å². The third-order valence-corrected chi connectivity index (χ3v) is 7.16. The minimum atomic E-state index is 0.316. The molecule has 2 rings (SSSR count). The summed E-state index contributed by atoms with van der Waals surface area (Å²) in [5.41, 5.74) is 1.51. The van der Waals surface area contributed by atoms with Crippen molar-refractivity contribution in [2.75, 3.05) is 6.54 Å². The van der Waals surface area contributed by atoms with Crippen molar-refractivity contribution in [1.29, 1.82) is 0 Å². The van der Waals surface area contributed by atoms with Crippen LogP contribution in [0.4, 0.5) is 0 Å². The fourth-order valence-corrected chi connectivity index (χ4v) is 7.20. The van der Waals surface area contributed by atoms with E-state index in [0.717, 1.165) is 17.8 Å². The van der Waals surface area contributed by atoms with E-state index in [1.165, 1.54) is 32.2 Å². The monoisotopic (exact) mass is 321 g/mol. The molecule has 0 radical (unpaired) electrons. The summed E-state index contributed by atoms with van der Waals surface area (Å²) in [6, 6.07) is 0. The zero-order valence-electron chi connectivity index (χ0n) is 17.7. The molecule has 23 heavy (non-hydrogen) atoms. The average Bonchev–Trinajstić information content (AvgIpc) is 2.19. The first kappa shape index (κ1) is 19.3. The van der Waals surface area contributed by atoms with Gasteiger partial charge >= 0.3 is 0 Å². The van der Waals surface area contributed by atoms with E-state index in [1.54, 1.807) is 0 Å². The number of nitrogens with zero attached hydrogens (tertiary/aromatic N) is 1. The van der Waals surface area contributed by atoms with E-state index in [1.807, 2.05) is 0 Å². The lowest BCUT2D eigenvalue weighted by molar-refractivity contribution is -0.106. The van der Waals surface area contributed by atoms with Gasteiger partial charge in [-0.25, -0.2) is 0 Å². The lowest BCUT2D eigenvalue weighted by Crippen LogP contribution is -2.63. The first-order valence-electron chi connectivity index (χ1n) is 9.95. The summed E-state index contributed by atoms with van der Waals surface area (Å²) in [6.45, 7) is 26.2. The van der Waals surface area contributed by atoms with E-state index in [4.69, 9.17) is 0 Å². The number of piperidine rings is 1. The van der Waals surface area contributed by atoms with Gasteiger partial charge in [-0.2, -0.15) is 0 Å². The van der Waals surface area contributed by atoms with Crippen LogP contribution in [0.25, 0.3) is 0 Å². The van der Waals surface area contributed by atoms with Gasteiger partial charge in [0.15, 0.2) is 0 Å². The average molecular weight is 322 g/mol. The third-order valence-electron chi connectivity index (χ3n) is 7.16. The summed E-state index contributed by atoms with van der Waals surface area (Å²) in [7, 11) is 0. The molecule has 1 heteroatoms. The van der Waals surface area contributed by atoms with Crippen molar-refractivity contribution in [3.63, 3.8) is 0 Å². The smallest absolute Gasteiger partial charge is 0.0161 e. The van der Waals surface area contributed by atoms with Crippen molar-refractivity contribution in [2.24, 2.45) is 28.6 Å². The number of likely N-dealkylation sites (tertiary alicyclic amines) is 1. The van der Waals surface area contributed by atoms with Gasteiger partial charge in [-0.3, -0.25) is 4.90 Å². The van der Waals surface area contributed by atoms with Crippen molar-refractivity contribution >= 4 is 0 Å². The van der Waals surface area contributed by atoms with Gasteiger partial charge < -0.3 is 0 Å². The third kappa shape index (κ3) is 3.80. The van der Waals surface area contributed by atoms with Crippen LogP contribution >= 0.6 is 0 Å². The molecule has 0 N–H and O–H groups in total. The van der Waals surface area contributed by atoms with Crippen LogP contribution in [-0.2, 0) is 0 Å². The summed E-state index contributed by atoms with van der Waals surface area (Å²) in [4.78, 5) is 2.88. The highest BCUT2D eigenvalue weighted by Gasteiger charge is 2.51. The molecular weight excluding hydrogens is 278 g/mol. The SMILES string of the molecule is CC1CC(C)(C)C(CN2C(C)(C)CC(C)CC2(C)C)C(C)(C)C1. The van der Waals surface area contributed by atoms with Crippen molar-refractivity contribution in [1.82, 2.24) is 4.90 Å². The molecule has 0 amide bonds. The number of rotatable bonds is 2. The molecule has 0 aromatic heterocycles. The standard InChI is InChI=1S/C22H43N/c1-16-11-19(3,4)18(20(5,6)12-16)15-23-21(7,8)13-17(2)14-22(23,9)10/h16-18H,11-15H2,1-10H3. The Balaban J connectivity index is 2.31. The van der Waals surface area contributed by atoms with Crippen molar-refractivity contribution in [3.05, 3.63) is 0 Å². The maximum atomic E-state index is 2.88. The van der Waals surface area contributed by atoms with E-state index in [0.29, 0.717) is 21.9 Å². The predicted octanol–water partition coefficient (Wildman–Crippen LogP) is 6.37. The Hall–Kier alpha value is -0.0400. The van der Waals surface area contributed by atoms with Gasteiger partial charge in [0, 0.05) is 17.6 Å². The number of hydrogen-bond donors (Lipinski definition) is 0. The fraction of sp³-hybridized carbons (Fsp3) is 1.00. The van der Waals surface area contributed by atoms with Crippen LogP contribution in [-0.4, -0.2) is 22.5 Å². The summed E-state index contributed by atoms with van der Waals surface area (Å²) >= 11 is 0. The molecule has 2 fully saturated rings. The molecule has 0 spiro atoms. The molecule has 1 saturated carbocycles. The molecule has 0 atom stereocenters. The molecule has 0 unspecified atom stereocenters. The zero-order chi connectivity index (χ0) is 17.8. The molecule has 0 bridgehead atoms. The second kappa shape index (κ2) is 5.75. The molecule has 1 aliphatic carbocycles. The van der Waals surface area contributed by atoms with E-state index >= 15 is 0 Å². The molecular formula is C22H43N. The lowest BCUT2D eigenvalue weighted by atomic mass is 9.54. The highest BCUT2D eigenvalue weighted by molar-refractivity contribution is 5.04. The quantitative estimate of drug-likeness (QED) is 0.571. The lowest BCUT2D eigenvalue weighted by Gasteiger charge is -2.60. The van der Waals surface area contributed by atoms with E-state index in [-0.39, 0.29) is 0 Å². The summed E-state index contributed by atoms with van der Waals surface area (Å²) in [5.74, 6) is 2.47.